The molecule has 2 heterocycles. The molecule has 96 valence electrons. The smallest absolute Gasteiger partial charge is 0.344 e. The number of nitrogens with zero attached hydrogens (tertiary/aromatic N) is 3. The maximum absolute atomic E-state index is 11.9. The summed E-state index contributed by atoms with van der Waals surface area (Å²) in [6.07, 6.45) is 1.30. The van der Waals surface area contributed by atoms with Gasteiger partial charge in [-0.2, -0.15) is 9.61 Å². The van der Waals surface area contributed by atoms with Gasteiger partial charge in [-0.05, 0) is 19.4 Å². The number of carbonyl (C=O) groups is 1. The van der Waals surface area contributed by atoms with Crippen LogP contribution in [0.15, 0.2) is 6.33 Å². The van der Waals surface area contributed by atoms with Gasteiger partial charge in [0.2, 0.25) is 5.88 Å². The lowest BCUT2D eigenvalue weighted by atomic mass is 10.2. The molecule has 2 rings (SSSR count). The van der Waals surface area contributed by atoms with Crippen LogP contribution < -0.4 is 4.74 Å². The van der Waals surface area contributed by atoms with Crippen LogP contribution in [0.25, 0.3) is 5.52 Å². The van der Waals surface area contributed by atoms with Gasteiger partial charge in [0.15, 0.2) is 5.15 Å². The summed E-state index contributed by atoms with van der Waals surface area (Å²) in [4.78, 5) is 15.8. The van der Waals surface area contributed by atoms with Gasteiger partial charge in [0.25, 0.3) is 0 Å². The van der Waals surface area contributed by atoms with Crippen LogP contribution >= 0.6 is 11.6 Å². The molecule has 0 bridgehead atoms. The highest BCUT2D eigenvalue weighted by atomic mass is 35.5. The quantitative estimate of drug-likeness (QED) is 0.796. The molecule has 0 aliphatic rings. The molecule has 0 aliphatic heterocycles. The standard InChI is InChI=1S/C11H12ClN3O3/c1-4-18-11(16)7-6(2)8-9(12)13-5-14-15(8)10(7)17-3/h5H,4H2,1-3H3. The van der Waals surface area contributed by atoms with Crippen LogP contribution in [0, 0.1) is 6.92 Å². The third-order valence-corrected chi connectivity index (χ3v) is 2.83. The van der Waals surface area contributed by atoms with E-state index in [0.29, 0.717) is 22.5 Å². The second-order valence-electron chi connectivity index (χ2n) is 3.54. The molecular formula is C11H12ClN3O3. The Morgan fingerprint density at radius 3 is 2.89 bits per heavy atom. The van der Waals surface area contributed by atoms with Crippen LogP contribution in [0.1, 0.15) is 22.8 Å². The Hall–Kier alpha value is -1.82. The Bertz CT molecular complexity index is 609. The van der Waals surface area contributed by atoms with Crippen molar-refractivity contribution in [3.05, 3.63) is 22.6 Å². The van der Waals surface area contributed by atoms with E-state index in [-0.39, 0.29) is 11.8 Å². The Morgan fingerprint density at radius 1 is 1.56 bits per heavy atom. The number of aryl methyl sites for hydroxylation is 1. The monoisotopic (exact) mass is 269 g/mol. The molecule has 0 N–H and O–H groups in total. The molecular weight excluding hydrogens is 258 g/mol. The third-order valence-electron chi connectivity index (χ3n) is 2.55. The van der Waals surface area contributed by atoms with E-state index in [2.05, 4.69) is 10.1 Å². The maximum Gasteiger partial charge on any atom is 0.344 e. The first-order valence-corrected chi connectivity index (χ1v) is 5.72. The molecule has 6 nitrogen and oxygen atoms in total. The van der Waals surface area contributed by atoms with Gasteiger partial charge in [-0.25, -0.2) is 9.78 Å². The minimum atomic E-state index is -0.464. The highest BCUT2D eigenvalue weighted by molar-refractivity contribution is 6.33. The number of rotatable bonds is 3. The van der Waals surface area contributed by atoms with Crippen LogP contribution in [0.4, 0.5) is 0 Å². The average molecular weight is 270 g/mol. The molecule has 0 spiro atoms. The lowest BCUT2D eigenvalue weighted by Gasteiger charge is -2.03. The first-order valence-electron chi connectivity index (χ1n) is 5.34. The number of methoxy groups -OCH3 is 1. The molecule has 7 heteroatoms. The van der Waals surface area contributed by atoms with Crippen molar-refractivity contribution in [1.29, 1.82) is 0 Å². The van der Waals surface area contributed by atoms with Gasteiger partial charge in [0.1, 0.15) is 17.4 Å². The fourth-order valence-electron chi connectivity index (χ4n) is 1.82. The van der Waals surface area contributed by atoms with E-state index in [1.807, 2.05) is 0 Å². The zero-order valence-electron chi connectivity index (χ0n) is 10.2. The summed E-state index contributed by atoms with van der Waals surface area (Å²) < 4.78 is 11.7. The topological polar surface area (TPSA) is 65.7 Å². The van der Waals surface area contributed by atoms with Crippen molar-refractivity contribution in [2.24, 2.45) is 0 Å². The van der Waals surface area contributed by atoms with Gasteiger partial charge in [-0.3, -0.25) is 0 Å². The summed E-state index contributed by atoms with van der Waals surface area (Å²) >= 11 is 6.01. The Labute approximate surface area is 108 Å². The molecule has 0 radical (unpaired) electrons. The van der Waals surface area contributed by atoms with Crippen LogP contribution in [0.5, 0.6) is 5.88 Å². The second kappa shape index (κ2) is 4.81. The van der Waals surface area contributed by atoms with E-state index in [1.54, 1.807) is 13.8 Å². The van der Waals surface area contributed by atoms with Crippen molar-refractivity contribution < 1.29 is 14.3 Å². The van der Waals surface area contributed by atoms with Gasteiger partial charge in [0, 0.05) is 0 Å². The molecule has 0 aromatic carbocycles. The first-order chi connectivity index (χ1) is 8.61. The highest BCUT2D eigenvalue weighted by Gasteiger charge is 2.25. The average Bonchev–Trinajstić information content (AvgIpc) is 2.63. The van der Waals surface area contributed by atoms with Gasteiger partial charge in [-0.1, -0.05) is 11.6 Å². The van der Waals surface area contributed by atoms with Crippen molar-refractivity contribution in [2.75, 3.05) is 13.7 Å². The molecule has 2 aromatic rings. The summed E-state index contributed by atoms with van der Waals surface area (Å²) in [6, 6.07) is 0. The number of ether oxygens (including phenoxy) is 2. The zero-order chi connectivity index (χ0) is 13.3. The molecule has 0 aliphatic carbocycles. The SMILES string of the molecule is CCOC(=O)c1c(C)c2c(Cl)ncnn2c1OC. The van der Waals surface area contributed by atoms with E-state index >= 15 is 0 Å². The molecule has 0 saturated carbocycles. The first kappa shape index (κ1) is 12.6. The van der Waals surface area contributed by atoms with Crippen molar-refractivity contribution in [1.82, 2.24) is 14.6 Å². The molecule has 0 fully saturated rings. The zero-order valence-corrected chi connectivity index (χ0v) is 11.0. The molecule has 0 atom stereocenters. The third kappa shape index (κ3) is 1.78. The van der Waals surface area contributed by atoms with Crippen molar-refractivity contribution in [3.8, 4) is 5.88 Å². The molecule has 0 saturated heterocycles. The summed E-state index contributed by atoms with van der Waals surface area (Å²) in [6.45, 7) is 3.77. The lowest BCUT2D eigenvalue weighted by molar-refractivity contribution is 0.0521. The van der Waals surface area contributed by atoms with E-state index in [0.717, 1.165) is 0 Å². The van der Waals surface area contributed by atoms with Crippen molar-refractivity contribution >= 4 is 23.1 Å². The highest BCUT2D eigenvalue weighted by Crippen LogP contribution is 2.31. The fourth-order valence-corrected chi connectivity index (χ4v) is 2.08. The van der Waals surface area contributed by atoms with Gasteiger partial charge in [0.05, 0.1) is 13.7 Å². The number of fused-ring (bicyclic) bond motifs is 1. The number of hydrogen-bond donors (Lipinski definition) is 0. The normalized spacial score (nSPS) is 10.7. The predicted octanol–water partition coefficient (Wildman–Crippen LogP) is 1.88. The lowest BCUT2D eigenvalue weighted by Crippen LogP contribution is -2.07. The predicted molar refractivity (Wildman–Crippen MR) is 65.2 cm³/mol. The van der Waals surface area contributed by atoms with Gasteiger partial charge in [-0.15, -0.1) is 0 Å². The van der Waals surface area contributed by atoms with Crippen LogP contribution in [-0.2, 0) is 4.74 Å². The number of esters is 1. The fraction of sp³-hybridized carbons (Fsp3) is 0.364. The summed E-state index contributed by atoms with van der Waals surface area (Å²) in [5.41, 5.74) is 1.50. The Morgan fingerprint density at radius 2 is 2.28 bits per heavy atom. The van der Waals surface area contributed by atoms with E-state index in [1.165, 1.54) is 18.0 Å². The number of hydrogen-bond acceptors (Lipinski definition) is 5. The van der Waals surface area contributed by atoms with E-state index in [4.69, 9.17) is 21.1 Å². The second-order valence-corrected chi connectivity index (χ2v) is 3.90. The Kier molecular flexibility index (Phi) is 3.38. The number of carbonyl (C=O) groups excluding carboxylic acids is 1. The van der Waals surface area contributed by atoms with Gasteiger partial charge >= 0.3 is 5.97 Å². The van der Waals surface area contributed by atoms with E-state index < -0.39 is 5.97 Å². The maximum atomic E-state index is 11.9. The van der Waals surface area contributed by atoms with Gasteiger partial charge < -0.3 is 9.47 Å². The van der Waals surface area contributed by atoms with Crippen LogP contribution in [0.3, 0.4) is 0 Å². The summed E-state index contributed by atoms with van der Waals surface area (Å²) in [5, 5.41) is 4.29. The number of halogens is 1. The van der Waals surface area contributed by atoms with Crippen molar-refractivity contribution in [3.63, 3.8) is 0 Å². The van der Waals surface area contributed by atoms with Crippen LogP contribution in [-0.4, -0.2) is 34.3 Å². The molecule has 18 heavy (non-hydrogen) atoms. The Balaban J connectivity index is 2.76. The minimum absolute atomic E-state index is 0.261. The summed E-state index contributed by atoms with van der Waals surface area (Å²) in [5.74, 6) is -0.168. The summed E-state index contributed by atoms with van der Waals surface area (Å²) in [7, 11) is 1.46. The van der Waals surface area contributed by atoms with E-state index in [9.17, 15) is 4.79 Å². The largest absolute Gasteiger partial charge is 0.480 e. The van der Waals surface area contributed by atoms with Crippen LogP contribution in [0.2, 0.25) is 5.15 Å². The molecule has 0 amide bonds. The molecule has 2 aromatic heterocycles. The minimum Gasteiger partial charge on any atom is -0.480 e. The number of aromatic nitrogens is 3. The molecule has 0 unspecified atom stereocenters. The van der Waals surface area contributed by atoms with Crippen molar-refractivity contribution in [2.45, 2.75) is 13.8 Å².